The summed E-state index contributed by atoms with van der Waals surface area (Å²) < 4.78 is 5.67. The minimum absolute atomic E-state index is 0.0335. The number of amides is 1. The van der Waals surface area contributed by atoms with Gasteiger partial charge in [-0.1, -0.05) is 30.3 Å². The van der Waals surface area contributed by atoms with Crippen molar-refractivity contribution in [2.24, 2.45) is 0 Å². The molecule has 0 heterocycles. The molecule has 0 saturated carbocycles. The first-order valence-corrected chi connectivity index (χ1v) is 9.22. The average Bonchev–Trinajstić information content (AvgIpc) is 2.74. The van der Waals surface area contributed by atoms with Crippen molar-refractivity contribution in [1.29, 1.82) is 0 Å². The molecule has 3 rings (SSSR count). The maximum absolute atomic E-state index is 12.4. The van der Waals surface area contributed by atoms with Gasteiger partial charge in [-0.15, -0.1) is 0 Å². The summed E-state index contributed by atoms with van der Waals surface area (Å²) >= 11 is 0. The lowest BCUT2D eigenvalue weighted by molar-refractivity contribution is -0.122. The molecule has 3 aromatic rings. The molecule has 29 heavy (non-hydrogen) atoms. The molecule has 0 fully saturated rings. The molecule has 0 radical (unpaired) electrons. The summed E-state index contributed by atoms with van der Waals surface area (Å²) in [6, 6.07) is 22.4. The molecule has 5 nitrogen and oxygen atoms in total. The van der Waals surface area contributed by atoms with Crippen molar-refractivity contribution in [3.63, 3.8) is 0 Å². The topological polar surface area (TPSA) is 72.5 Å². The highest BCUT2D eigenvalue weighted by molar-refractivity contribution is 6.09. The van der Waals surface area contributed by atoms with Crippen LogP contribution in [-0.4, -0.2) is 23.6 Å². The number of hydrogen-bond acceptors (Lipinski definition) is 4. The van der Waals surface area contributed by atoms with Crippen LogP contribution in [0.15, 0.2) is 78.9 Å². The first-order valence-electron chi connectivity index (χ1n) is 9.22. The highest BCUT2D eigenvalue weighted by Crippen LogP contribution is 2.17. The average molecular weight is 387 g/mol. The summed E-state index contributed by atoms with van der Waals surface area (Å²) in [5, 5.41) is 2.75. The van der Waals surface area contributed by atoms with Gasteiger partial charge in [0.25, 0.3) is 5.91 Å². The molecule has 0 saturated heterocycles. The molecule has 0 aliphatic carbocycles. The van der Waals surface area contributed by atoms with Crippen LogP contribution in [0.5, 0.6) is 5.75 Å². The van der Waals surface area contributed by atoms with E-state index in [2.05, 4.69) is 5.32 Å². The van der Waals surface area contributed by atoms with Crippen LogP contribution in [0.25, 0.3) is 0 Å². The third-order valence-corrected chi connectivity index (χ3v) is 4.39. The van der Waals surface area contributed by atoms with Gasteiger partial charge < -0.3 is 10.1 Å². The van der Waals surface area contributed by atoms with E-state index in [0.29, 0.717) is 28.1 Å². The molecule has 1 unspecified atom stereocenters. The summed E-state index contributed by atoms with van der Waals surface area (Å²) in [4.78, 5) is 36.1. The van der Waals surface area contributed by atoms with Crippen LogP contribution in [0.1, 0.15) is 40.1 Å². The van der Waals surface area contributed by atoms with Crippen LogP contribution < -0.4 is 10.1 Å². The maximum atomic E-state index is 12.4. The van der Waals surface area contributed by atoms with Crippen LogP contribution in [0.3, 0.4) is 0 Å². The Morgan fingerprint density at radius 2 is 1.31 bits per heavy atom. The van der Waals surface area contributed by atoms with Gasteiger partial charge in [-0.05, 0) is 62.4 Å². The molecular formula is C24H21NO4. The number of carbonyl (C=O) groups is 3. The first-order chi connectivity index (χ1) is 13.9. The number of hydrogen-bond donors (Lipinski definition) is 1. The fourth-order valence-electron chi connectivity index (χ4n) is 2.73. The zero-order chi connectivity index (χ0) is 20.8. The van der Waals surface area contributed by atoms with Crippen LogP contribution in [0.4, 0.5) is 5.69 Å². The molecule has 146 valence electrons. The Balaban J connectivity index is 1.59. The van der Waals surface area contributed by atoms with Gasteiger partial charge in [0, 0.05) is 22.4 Å². The monoisotopic (exact) mass is 387 g/mol. The Hall–Kier alpha value is -3.73. The summed E-state index contributed by atoms with van der Waals surface area (Å²) in [7, 11) is 0. The number of ketones is 2. The molecular weight excluding hydrogens is 366 g/mol. The van der Waals surface area contributed by atoms with E-state index in [1.54, 1.807) is 67.6 Å². The van der Waals surface area contributed by atoms with E-state index in [1.165, 1.54) is 6.92 Å². The predicted octanol–water partition coefficient (Wildman–Crippen LogP) is 4.53. The van der Waals surface area contributed by atoms with Crippen molar-refractivity contribution in [3.8, 4) is 5.75 Å². The van der Waals surface area contributed by atoms with Crippen LogP contribution in [-0.2, 0) is 4.79 Å². The molecule has 0 aliphatic rings. The lowest BCUT2D eigenvalue weighted by atomic mass is 10.0. The maximum Gasteiger partial charge on any atom is 0.265 e. The van der Waals surface area contributed by atoms with Crippen molar-refractivity contribution >= 4 is 23.2 Å². The Bertz CT molecular complexity index is 1010. The summed E-state index contributed by atoms with van der Waals surface area (Å²) in [5.74, 6) is 0.0694. The number of carbonyl (C=O) groups excluding carboxylic acids is 3. The lowest BCUT2D eigenvalue weighted by Gasteiger charge is -2.15. The van der Waals surface area contributed by atoms with Crippen molar-refractivity contribution < 1.29 is 19.1 Å². The van der Waals surface area contributed by atoms with E-state index in [0.717, 1.165) is 0 Å². The number of Topliss-reactive ketones (excluding diaryl/α,β-unsaturated/α-hetero) is 1. The first kappa shape index (κ1) is 20.0. The fraction of sp³-hybridized carbons (Fsp3) is 0.125. The van der Waals surface area contributed by atoms with Gasteiger partial charge in [0.05, 0.1) is 0 Å². The van der Waals surface area contributed by atoms with Crippen molar-refractivity contribution in [2.75, 3.05) is 5.32 Å². The van der Waals surface area contributed by atoms with Gasteiger partial charge in [0.2, 0.25) is 0 Å². The molecule has 3 aromatic carbocycles. The molecule has 0 bridgehead atoms. The highest BCUT2D eigenvalue weighted by Gasteiger charge is 2.16. The van der Waals surface area contributed by atoms with Gasteiger partial charge in [-0.3, -0.25) is 14.4 Å². The van der Waals surface area contributed by atoms with Gasteiger partial charge >= 0.3 is 0 Å². The molecule has 0 aromatic heterocycles. The van der Waals surface area contributed by atoms with Crippen molar-refractivity contribution in [2.45, 2.75) is 20.0 Å². The van der Waals surface area contributed by atoms with E-state index in [4.69, 9.17) is 4.74 Å². The molecule has 1 amide bonds. The van der Waals surface area contributed by atoms with Gasteiger partial charge in [-0.25, -0.2) is 0 Å². The number of nitrogens with one attached hydrogen (secondary N) is 1. The van der Waals surface area contributed by atoms with Crippen molar-refractivity contribution in [1.82, 2.24) is 0 Å². The van der Waals surface area contributed by atoms with Gasteiger partial charge in [0.15, 0.2) is 17.7 Å². The molecule has 1 N–H and O–H groups in total. The quantitative estimate of drug-likeness (QED) is 0.605. The third-order valence-electron chi connectivity index (χ3n) is 4.39. The van der Waals surface area contributed by atoms with E-state index >= 15 is 0 Å². The van der Waals surface area contributed by atoms with E-state index < -0.39 is 6.10 Å². The van der Waals surface area contributed by atoms with E-state index in [-0.39, 0.29) is 17.5 Å². The number of anilines is 1. The molecule has 0 aliphatic heterocycles. The smallest absolute Gasteiger partial charge is 0.265 e. The molecule has 1 atom stereocenters. The Labute approximate surface area is 169 Å². The minimum atomic E-state index is -0.738. The summed E-state index contributed by atoms with van der Waals surface area (Å²) in [6.45, 7) is 3.13. The van der Waals surface area contributed by atoms with Gasteiger partial charge in [-0.2, -0.15) is 0 Å². The van der Waals surface area contributed by atoms with E-state index in [1.807, 2.05) is 18.2 Å². The third kappa shape index (κ3) is 5.17. The SMILES string of the molecule is CC(=O)c1ccc(NC(=O)C(C)Oc2ccc(C(=O)c3ccccc3)cc2)cc1. The second-order valence-electron chi connectivity index (χ2n) is 6.60. The summed E-state index contributed by atoms with van der Waals surface area (Å²) in [5.41, 5.74) is 2.33. The van der Waals surface area contributed by atoms with Gasteiger partial charge in [0.1, 0.15) is 5.75 Å². The van der Waals surface area contributed by atoms with Crippen LogP contribution in [0, 0.1) is 0 Å². The Morgan fingerprint density at radius 3 is 1.90 bits per heavy atom. The molecule has 5 heteroatoms. The normalized spacial score (nSPS) is 11.4. The highest BCUT2D eigenvalue weighted by atomic mass is 16.5. The summed E-state index contributed by atoms with van der Waals surface area (Å²) in [6.07, 6.45) is -0.738. The zero-order valence-electron chi connectivity index (χ0n) is 16.2. The van der Waals surface area contributed by atoms with Crippen LogP contribution >= 0.6 is 0 Å². The second-order valence-corrected chi connectivity index (χ2v) is 6.60. The van der Waals surface area contributed by atoms with Crippen molar-refractivity contribution in [3.05, 3.63) is 95.6 Å². The Kier molecular flexibility index (Phi) is 6.19. The number of ether oxygens (including phenoxy) is 1. The largest absolute Gasteiger partial charge is 0.481 e. The molecule has 0 spiro atoms. The zero-order valence-corrected chi connectivity index (χ0v) is 16.2. The number of benzene rings is 3. The standard InChI is InChI=1S/C24H21NO4/c1-16(26)18-8-12-21(13-9-18)25-24(28)17(2)29-22-14-10-20(11-15-22)23(27)19-6-4-3-5-7-19/h3-15,17H,1-2H3,(H,25,28). The fourth-order valence-corrected chi connectivity index (χ4v) is 2.73. The Morgan fingerprint density at radius 1 is 0.759 bits per heavy atom. The van der Waals surface area contributed by atoms with E-state index in [9.17, 15) is 14.4 Å². The number of rotatable bonds is 7. The van der Waals surface area contributed by atoms with Crippen LogP contribution in [0.2, 0.25) is 0 Å². The predicted molar refractivity (Wildman–Crippen MR) is 111 cm³/mol. The lowest BCUT2D eigenvalue weighted by Crippen LogP contribution is -2.30. The second kappa shape index (κ2) is 8.97. The minimum Gasteiger partial charge on any atom is -0.481 e.